The van der Waals surface area contributed by atoms with Gasteiger partial charge in [-0.2, -0.15) is 0 Å². The molecule has 0 amide bonds. The van der Waals surface area contributed by atoms with Gasteiger partial charge in [-0.25, -0.2) is 0 Å². The Morgan fingerprint density at radius 3 is 2.21 bits per heavy atom. The Labute approximate surface area is 86.1 Å². The van der Waals surface area contributed by atoms with Crippen molar-refractivity contribution in [3.05, 3.63) is 34.9 Å². The highest BCUT2D eigenvalue weighted by molar-refractivity contribution is 5.75. The smallest absolute Gasteiger partial charge is 0.129 e. The van der Waals surface area contributed by atoms with E-state index in [2.05, 4.69) is 32.0 Å². The van der Waals surface area contributed by atoms with Crippen molar-refractivity contribution in [2.75, 3.05) is 0 Å². The lowest BCUT2D eigenvalue weighted by molar-refractivity contribution is -0.117. The van der Waals surface area contributed by atoms with E-state index >= 15 is 0 Å². The minimum atomic E-state index is 0.286. The Bertz CT molecular complexity index is 306. The zero-order valence-electron chi connectivity index (χ0n) is 9.26. The molecule has 0 fully saturated rings. The third-order valence-corrected chi connectivity index (χ3v) is 2.28. The average molecular weight is 190 g/mol. The lowest BCUT2D eigenvalue weighted by atomic mass is 10.0. The van der Waals surface area contributed by atoms with Gasteiger partial charge in [0.15, 0.2) is 0 Å². The van der Waals surface area contributed by atoms with Crippen LogP contribution in [0.5, 0.6) is 0 Å². The fourth-order valence-electron chi connectivity index (χ4n) is 1.75. The predicted molar refractivity (Wildman–Crippen MR) is 59.5 cm³/mol. The molecule has 0 unspecified atom stereocenters. The zero-order valence-corrected chi connectivity index (χ0v) is 9.26. The molecule has 0 aliphatic carbocycles. The number of hydrogen-bond acceptors (Lipinski definition) is 1. The van der Waals surface area contributed by atoms with Gasteiger partial charge in [-0.05, 0) is 39.2 Å². The maximum absolute atomic E-state index is 10.8. The van der Waals surface area contributed by atoms with Crippen molar-refractivity contribution >= 4 is 5.78 Å². The average Bonchev–Trinajstić information content (AvgIpc) is 2.01. The van der Waals surface area contributed by atoms with E-state index < -0.39 is 0 Å². The summed E-state index contributed by atoms with van der Waals surface area (Å²) in [7, 11) is 0. The summed E-state index contributed by atoms with van der Waals surface area (Å²) >= 11 is 0. The van der Waals surface area contributed by atoms with Gasteiger partial charge in [-0.15, -0.1) is 0 Å². The minimum Gasteiger partial charge on any atom is -0.300 e. The van der Waals surface area contributed by atoms with Gasteiger partial charge >= 0.3 is 0 Å². The Morgan fingerprint density at radius 2 is 1.71 bits per heavy atom. The summed E-state index contributed by atoms with van der Waals surface area (Å²) in [5.41, 5.74) is 3.97. The van der Waals surface area contributed by atoms with Gasteiger partial charge in [0.2, 0.25) is 0 Å². The number of carbonyl (C=O) groups is 1. The third kappa shape index (κ3) is 3.73. The molecule has 1 aromatic rings. The van der Waals surface area contributed by atoms with E-state index in [1.54, 1.807) is 6.92 Å². The zero-order chi connectivity index (χ0) is 10.6. The number of rotatable bonds is 4. The van der Waals surface area contributed by atoms with Crippen LogP contribution in [0.4, 0.5) is 0 Å². The van der Waals surface area contributed by atoms with Crippen molar-refractivity contribution in [2.24, 2.45) is 0 Å². The second-order valence-corrected chi connectivity index (χ2v) is 4.05. The molecule has 0 radical (unpaired) electrons. The SMILES string of the molecule is CC(=O)CCCc1cc(C)cc(C)c1. The van der Waals surface area contributed by atoms with Crippen LogP contribution < -0.4 is 0 Å². The predicted octanol–water partition coefficient (Wildman–Crippen LogP) is 3.22. The highest BCUT2D eigenvalue weighted by Gasteiger charge is 1.98. The first-order valence-corrected chi connectivity index (χ1v) is 5.14. The first kappa shape index (κ1) is 11.0. The number of carbonyl (C=O) groups excluding carboxylic acids is 1. The van der Waals surface area contributed by atoms with Crippen LogP contribution in [-0.2, 0) is 11.2 Å². The molecule has 1 nitrogen and oxygen atoms in total. The number of benzene rings is 1. The molecule has 76 valence electrons. The topological polar surface area (TPSA) is 17.1 Å². The number of Topliss-reactive ketones (excluding diaryl/α,β-unsaturated/α-hetero) is 1. The van der Waals surface area contributed by atoms with Crippen LogP contribution in [0.25, 0.3) is 0 Å². The van der Waals surface area contributed by atoms with E-state index in [0.29, 0.717) is 6.42 Å². The van der Waals surface area contributed by atoms with E-state index in [-0.39, 0.29) is 5.78 Å². The highest BCUT2D eigenvalue weighted by Crippen LogP contribution is 2.11. The first-order valence-electron chi connectivity index (χ1n) is 5.14. The lowest BCUT2D eigenvalue weighted by Crippen LogP contribution is -1.93. The Hall–Kier alpha value is -1.11. The number of ketones is 1. The maximum Gasteiger partial charge on any atom is 0.129 e. The second-order valence-electron chi connectivity index (χ2n) is 4.05. The van der Waals surface area contributed by atoms with E-state index in [0.717, 1.165) is 12.8 Å². The summed E-state index contributed by atoms with van der Waals surface area (Å²) in [5.74, 6) is 0.286. The van der Waals surface area contributed by atoms with Gasteiger partial charge in [0, 0.05) is 6.42 Å². The molecular weight excluding hydrogens is 172 g/mol. The van der Waals surface area contributed by atoms with Crippen molar-refractivity contribution in [3.8, 4) is 0 Å². The van der Waals surface area contributed by atoms with Gasteiger partial charge in [0.1, 0.15) is 5.78 Å². The number of aryl methyl sites for hydroxylation is 3. The van der Waals surface area contributed by atoms with Crippen molar-refractivity contribution in [1.29, 1.82) is 0 Å². The number of hydrogen-bond donors (Lipinski definition) is 0. The highest BCUT2D eigenvalue weighted by atomic mass is 16.1. The summed E-state index contributed by atoms with van der Waals surface area (Å²) in [5, 5.41) is 0. The molecule has 0 aliphatic heterocycles. The fourth-order valence-corrected chi connectivity index (χ4v) is 1.75. The standard InChI is InChI=1S/C13H18O/c1-10-7-11(2)9-13(8-10)6-4-5-12(3)14/h7-9H,4-6H2,1-3H3. The Kier molecular flexibility index (Phi) is 3.87. The summed E-state index contributed by atoms with van der Waals surface area (Å²) in [6, 6.07) is 6.58. The molecule has 0 saturated heterocycles. The fraction of sp³-hybridized carbons (Fsp3) is 0.462. The van der Waals surface area contributed by atoms with Crippen molar-refractivity contribution < 1.29 is 4.79 Å². The van der Waals surface area contributed by atoms with Crippen molar-refractivity contribution in [3.63, 3.8) is 0 Å². The van der Waals surface area contributed by atoms with E-state index in [4.69, 9.17) is 0 Å². The lowest BCUT2D eigenvalue weighted by Gasteiger charge is -2.03. The van der Waals surface area contributed by atoms with Gasteiger partial charge in [-0.3, -0.25) is 0 Å². The first-order chi connectivity index (χ1) is 6.58. The van der Waals surface area contributed by atoms with Crippen molar-refractivity contribution in [1.82, 2.24) is 0 Å². The third-order valence-electron chi connectivity index (χ3n) is 2.28. The summed E-state index contributed by atoms with van der Waals surface area (Å²) in [4.78, 5) is 10.8. The van der Waals surface area contributed by atoms with Crippen LogP contribution in [0.1, 0.15) is 36.5 Å². The van der Waals surface area contributed by atoms with Crippen LogP contribution in [0.2, 0.25) is 0 Å². The van der Waals surface area contributed by atoms with Gasteiger partial charge in [0.25, 0.3) is 0 Å². The Morgan fingerprint density at radius 1 is 1.14 bits per heavy atom. The van der Waals surface area contributed by atoms with Gasteiger partial charge in [0.05, 0.1) is 0 Å². The molecule has 0 heterocycles. The quantitative estimate of drug-likeness (QED) is 0.712. The van der Waals surface area contributed by atoms with Gasteiger partial charge in [-0.1, -0.05) is 29.3 Å². The van der Waals surface area contributed by atoms with Crippen LogP contribution in [0, 0.1) is 13.8 Å². The maximum atomic E-state index is 10.8. The van der Waals surface area contributed by atoms with E-state index in [1.807, 2.05) is 0 Å². The molecule has 0 aliphatic rings. The molecule has 0 atom stereocenters. The molecular formula is C13H18O. The van der Waals surface area contributed by atoms with E-state index in [1.165, 1.54) is 16.7 Å². The van der Waals surface area contributed by atoms with Gasteiger partial charge < -0.3 is 4.79 Å². The minimum absolute atomic E-state index is 0.286. The molecule has 0 aromatic heterocycles. The normalized spacial score (nSPS) is 10.2. The van der Waals surface area contributed by atoms with E-state index in [9.17, 15) is 4.79 Å². The summed E-state index contributed by atoms with van der Waals surface area (Å²) < 4.78 is 0. The summed E-state index contributed by atoms with van der Waals surface area (Å²) in [6.45, 7) is 5.88. The molecule has 0 N–H and O–H groups in total. The summed E-state index contributed by atoms with van der Waals surface area (Å²) in [6.07, 6.45) is 2.69. The van der Waals surface area contributed by atoms with Crippen LogP contribution in [0.3, 0.4) is 0 Å². The van der Waals surface area contributed by atoms with Crippen LogP contribution in [0.15, 0.2) is 18.2 Å². The molecule has 0 bridgehead atoms. The molecule has 0 saturated carbocycles. The van der Waals surface area contributed by atoms with Crippen LogP contribution in [-0.4, -0.2) is 5.78 Å². The van der Waals surface area contributed by atoms with Crippen LogP contribution >= 0.6 is 0 Å². The second kappa shape index (κ2) is 4.94. The molecule has 1 rings (SSSR count). The molecule has 1 heteroatoms. The van der Waals surface area contributed by atoms with Crippen molar-refractivity contribution in [2.45, 2.75) is 40.0 Å². The molecule has 0 spiro atoms. The largest absolute Gasteiger partial charge is 0.300 e. The Balaban J connectivity index is 2.54. The monoisotopic (exact) mass is 190 g/mol. The molecule has 1 aromatic carbocycles. The molecule has 14 heavy (non-hydrogen) atoms.